The van der Waals surface area contributed by atoms with E-state index in [4.69, 9.17) is 15.5 Å². The molecule has 0 aliphatic rings. The first-order valence-electron chi connectivity index (χ1n) is 3.81. The van der Waals surface area contributed by atoms with Gasteiger partial charge in [-0.2, -0.15) is 0 Å². The second-order valence-corrected chi connectivity index (χ2v) is 4.45. The molecule has 0 rings (SSSR count). The lowest BCUT2D eigenvalue weighted by molar-refractivity contribution is -0.126. The van der Waals surface area contributed by atoms with Crippen molar-refractivity contribution in [1.82, 2.24) is 4.90 Å². The van der Waals surface area contributed by atoms with E-state index in [1.54, 1.807) is 0 Å². The van der Waals surface area contributed by atoms with Crippen molar-refractivity contribution >= 4 is 19.5 Å². The Kier molecular flexibility index (Phi) is 4.76. The van der Waals surface area contributed by atoms with Gasteiger partial charge in [-0.1, -0.05) is 0 Å². The van der Waals surface area contributed by atoms with Crippen LogP contribution in [0.25, 0.3) is 0 Å². The van der Waals surface area contributed by atoms with Crippen molar-refractivity contribution in [1.29, 1.82) is 0 Å². The number of hydrogen-bond donors (Lipinski definition) is 3. The van der Waals surface area contributed by atoms with Crippen LogP contribution in [0.3, 0.4) is 0 Å². The first kappa shape index (κ1) is 13.1. The second kappa shape index (κ2) is 5.09. The number of carbonyl (C=O) groups excluding carboxylic acids is 1. The summed E-state index contributed by atoms with van der Waals surface area (Å²) >= 11 is 0. The SMILES string of the molecule is CN=C(N)N(C)C(=O)CCP(=O)(O)O. The van der Waals surface area contributed by atoms with Gasteiger partial charge in [0.15, 0.2) is 5.96 Å². The van der Waals surface area contributed by atoms with Crippen LogP contribution in [0.5, 0.6) is 0 Å². The summed E-state index contributed by atoms with van der Waals surface area (Å²) < 4.78 is 10.5. The minimum absolute atomic E-state index is 0.0145. The maximum absolute atomic E-state index is 11.2. The summed E-state index contributed by atoms with van der Waals surface area (Å²) in [6.45, 7) is 0. The molecular weight excluding hydrogens is 209 g/mol. The van der Waals surface area contributed by atoms with Crippen LogP contribution < -0.4 is 5.73 Å². The van der Waals surface area contributed by atoms with E-state index in [2.05, 4.69) is 4.99 Å². The molecule has 0 bridgehead atoms. The van der Waals surface area contributed by atoms with Crippen LogP contribution in [0.1, 0.15) is 6.42 Å². The normalized spacial score (nSPS) is 12.7. The molecule has 0 atom stereocenters. The van der Waals surface area contributed by atoms with Crippen molar-refractivity contribution in [2.45, 2.75) is 6.42 Å². The Morgan fingerprint density at radius 1 is 1.57 bits per heavy atom. The number of hydrogen-bond acceptors (Lipinski definition) is 3. The van der Waals surface area contributed by atoms with Crippen LogP contribution >= 0.6 is 7.60 Å². The Morgan fingerprint density at radius 2 is 2.07 bits per heavy atom. The standard InChI is InChI=1S/C6H14N3O4P/c1-8-6(7)9(2)5(10)3-4-14(11,12)13/h3-4H2,1-2H3,(H2,7,8)(H2,11,12,13). The summed E-state index contributed by atoms with van der Waals surface area (Å²) in [7, 11) is -1.31. The average Bonchev–Trinajstić information content (AvgIpc) is 2.10. The van der Waals surface area contributed by atoms with Gasteiger partial charge in [0, 0.05) is 20.5 Å². The summed E-state index contributed by atoms with van der Waals surface area (Å²) in [6.07, 6.45) is -0.732. The predicted octanol–water partition coefficient (Wildman–Crippen LogP) is -1.04. The van der Waals surface area contributed by atoms with Crippen LogP contribution in [0.2, 0.25) is 0 Å². The largest absolute Gasteiger partial charge is 0.369 e. The zero-order valence-electron chi connectivity index (χ0n) is 8.04. The molecule has 0 aliphatic carbocycles. The summed E-state index contributed by atoms with van der Waals surface area (Å²) in [5.41, 5.74) is 5.32. The Morgan fingerprint density at radius 3 is 2.43 bits per heavy atom. The van der Waals surface area contributed by atoms with E-state index in [9.17, 15) is 9.36 Å². The maximum atomic E-state index is 11.2. The first-order chi connectivity index (χ1) is 6.28. The molecule has 0 aromatic rings. The van der Waals surface area contributed by atoms with Gasteiger partial charge < -0.3 is 15.5 Å². The molecule has 0 saturated heterocycles. The van der Waals surface area contributed by atoms with E-state index in [1.807, 2.05) is 0 Å². The van der Waals surface area contributed by atoms with Gasteiger partial charge in [-0.25, -0.2) is 0 Å². The number of rotatable bonds is 3. The Hall–Kier alpha value is -0.910. The molecule has 0 aromatic carbocycles. The summed E-state index contributed by atoms with van der Waals surface area (Å²) in [4.78, 5) is 32.9. The fourth-order valence-electron chi connectivity index (χ4n) is 0.687. The van der Waals surface area contributed by atoms with Crippen molar-refractivity contribution in [3.05, 3.63) is 0 Å². The number of nitrogens with two attached hydrogens (primary N) is 1. The Labute approximate surface area is 81.8 Å². The minimum atomic E-state index is -4.13. The van der Waals surface area contributed by atoms with Crippen molar-refractivity contribution in [3.8, 4) is 0 Å². The highest BCUT2D eigenvalue weighted by atomic mass is 31.2. The van der Waals surface area contributed by atoms with Gasteiger partial charge in [-0.3, -0.25) is 19.3 Å². The maximum Gasteiger partial charge on any atom is 0.326 e. The lowest BCUT2D eigenvalue weighted by Crippen LogP contribution is -2.38. The minimum Gasteiger partial charge on any atom is -0.369 e. The molecule has 0 aromatic heterocycles. The third kappa shape index (κ3) is 4.96. The Bertz CT molecular complexity index is 285. The van der Waals surface area contributed by atoms with E-state index in [0.29, 0.717) is 0 Å². The van der Waals surface area contributed by atoms with Gasteiger partial charge in [0.1, 0.15) is 0 Å². The van der Waals surface area contributed by atoms with Gasteiger partial charge >= 0.3 is 7.60 Å². The lowest BCUT2D eigenvalue weighted by Gasteiger charge is -2.15. The third-order valence-electron chi connectivity index (χ3n) is 1.56. The van der Waals surface area contributed by atoms with E-state index >= 15 is 0 Å². The van der Waals surface area contributed by atoms with Crippen LogP contribution in [-0.4, -0.2) is 46.8 Å². The fourth-order valence-corrected chi connectivity index (χ4v) is 1.17. The molecule has 82 valence electrons. The zero-order chi connectivity index (χ0) is 11.4. The fraction of sp³-hybridized carbons (Fsp3) is 0.667. The molecular formula is C6H14N3O4P. The smallest absolute Gasteiger partial charge is 0.326 e. The van der Waals surface area contributed by atoms with Gasteiger partial charge in [0.2, 0.25) is 5.91 Å². The lowest BCUT2D eigenvalue weighted by atomic mass is 10.4. The summed E-state index contributed by atoms with van der Waals surface area (Å²) in [6, 6.07) is 0. The number of aliphatic imine (C=N–C) groups is 1. The molecule has 8 heteroatoms. The highest BCUT2D eigenvalue weighted by Gasteiger charge is 2.18. The zero-order valence-corrected chi connectivity index (χ0v) is 8.94. The van der Waals surface area contributed by atoms with Gasteiger partial charge in [-0.05, 0) is 0 Å². The molecule has 14 heavy (non-hydrogen) atoms. The molecule has 0 radical (unpaired) electrons. The van der Waals surface area contributed by atoms with Gasteiger partial charge in [0.05, 0.1) is 6.16 Å². The van der Waals surface area contributed by atoms with E-state index in [-0.39, 0.29) is 12.4 Å². The van der Waals surface area contributed by atoms with Crippen molar-refractivity contribution < 1.29 is 19.1 Å². The highest BCUT2D eigenvalue weighted by molar-refractivity contribution is 7.51. The first-order valence-corrected chi connectivity index (χ1v) is 5.61. The van der Waals surface area contributed by atoms with E-state index < -0.39 is 19.7 Å². The highest BCUT2D eigenvalue weighted by Crippen LogP contribution is 2.34. The van der Waals surface area contributed by atoms with Crippen molar-refractivity contribution in [2.75, 3.05) is 20.3 Å². The van der Waals surface area contributed by atoms with Crippen LogP contribution in [0.4, 0.5) is 0 Å². The quantitative estimate of drug-likeness (QED) is 0.321. The van der Waals surface area contributed by atoms with Gasteiger partial charge in [0.25, 0.3) is 0 Å². The Balaban J connectivity index is 4.17. The predicted molar refractivity (Wildman–Crippen MR) is 51.8 cm³/mol. The molecule has 1 amide bonds. The van der Waals surface area contributed by atoms with Crippen molar-refractivity contribution in [2.24, 2.45) is 10.7 Å². The molecule has 0 aliphatic heterocycles. The van der Waals surface area contributed by atoms with E-state index in [0.717, 1.165) is 4.90 Å². The number of amides is 1. The molecule has 0 spiro atoms. The van der Waals surface area contributed by atoms with Crippen LogP contribution in [-0.2, 0) is 9.36 Å². The summed E-state index contributed by atoms with van der Waals surface area (Å²) in [5.74, 6) is -0.461. The second-order valence-electron chi connectivity index (χ2n) is 2.67. The molecule has 7 nitrogen and oxygen atoms in total. The van der Waals surface area contributed by atoms with Crippen LogP contribution in [0, 0.1) is 0 Å². The molecule has 0 saturated carbocycles. The average molecular weight is 223 g/mol. The van der Waals surface area contributed by atoms with Gasteiger partial charge in [-0.15, -0.1) is 0 Å². The topological polar surface area (TPSA) is 116 Å². The molecule has 4 N–H and O–H groups in total. The number of carbonyl (C=O) groups is 1. The van der Waals surface area contributed by atoms with Crippen molar-refractivity contribution in [3.63, 3.8) is 0 Å². The molecule has 0 fully saturated rings. The van der Waals surface area contributed by atoms with Crippen LogP contribution in [0.15, 0.2) is 4.99 Å². The number of guanidine groups is 1. The molecule has 0 unspecified atom stereocenters. The number of nitrogens with zero attached hydrogens (tertiary/aromatic N) is 2. The third-order valence-corrected chi connectivity index (χ3v) is 2.37. The molecule has 0 heterocycles. The monoisotopic (exact) mass is 223 g/mol. The summed E-state index contributed by atoms with van der Waals surface area (Å²) in [5, 5.41) is 0. The van der Waals surface area contributed by atoms with E-state index in [1.165, 1.54) is 14.1 Å².